The van der Waals surface area contributed by atoms with E-state index in [2.05, 4.69) is 30.1 Å². The molecule has 0 radical (unpaired) electrons. The van der Waals surface area contributed by atoms with Crippen LogP contribution < -0.4 is 5.73 Å². The number of hydrogen-bond acceptors (Lipinski definition) is 6. The summed E-state index contributed by atoms with van der Waals surface area (Å²) in [5.41, 5.74) is 9.23. The molecule has 0 aliphatic rings. The second-order valence-electron chi connectivity index (χ2n) is 4.03. The van der Waals surface area contributed by atoms with E-state index in [-0.39, 0.29) is 0 Å². The van der Waals surface area contributed by atoms with Crippen molar-refractivity contribution < 1.29 is 0 Å². The smallest absolute Gasteiger partial charge is 0.190 e. The van der Waals surface area contributed by atoms with Gasteiger partial charge in [0.25, 0.3) is 0 Å². The fourth-order valence-electron chi connectivity index (χ4n) is 2.03. The van der Waals surface area contributed by atoms with Crippen molar-refractivity contribution in [2.24, 2.45) is 0 Å². The third-order valence-corrected chi connectivity index (χ3v) is 2.93. The molecule has 0 amide bonds. The van der Waals surface area contributed by atoms with Crippen molar-refractivity contribution in [1.29, 1.82) is 0 Å². The highest BCUT2D eigenvalue weighted by Crippen LogP contribution is 2.24. The molecule has 0 fully saturated rings. The molecule has 0 saturated heterocycles. The van der Waals surface area contributed by atoms with Crippen LogP contribution in [0.4, 0.5) is 5.69 Å². The predicted molar refractivity (Wildman–Crippen MR) is 68.1 cm³/mol. The summed E-state index contributed by atoms with van der Waals surface area (Å²) in [7, 11) is 0. The average molecular weight is 252 g/mol. The highest BCUT2D eigenvalue weighted by Gasteiger charge is 2.14. The van der Waals surface area contributed by atoms with E-state index in [1.54, 1.807) is 35.5 Å². The maximum Gasteiger partial charge on any atom is 0.190 e. The van der Waals surface area contributed by atoms with Crippen LogP contribution in [0.15, 0.2) is 31.1 Å². The Balaban J connectivity index is 2.09. The first-order valence-corrected chi connectivity index (χ1v) is 5.57. The molecule has 8 heteroatoms. The molecule has 0 aliphatic heterocycles. The van der Waals surface area contributed by atoms with Crippen molar-refractivity contribution in [2.75, 3.05) is 5.73 Å². The third-order valence-electron chi connectivity index (χ3n) is 2.93. The Labute approximate surface area is 106 Å². The molecule has 4 aromatic rings. The van der Waals surface area contributed by atoms with E-state index in [4.69, 9.17) is 5.73 Å². The SMILES string of the molecule is Nc1cnccc1-c1nnc2c3[nH]cnc3ncn12. The first kappa shape index (κ1) is 9.95. The van der Waals surface area contributed by atoms with Gasteiger partial charge in [0.1, 0.15) is 11.8 Å². The molecule has 4 aromatic heterocycles. The molecule has 0 unspecified atom stereocenters. The van der Waals surface area contributed by atoms with Crippen LogP contribution in [0.1, 0.15) is 0 Å². The highest BCUT2D eigenvalue weighted by atomic mass is 15.3. The molecule has 0 aliphatic carbocycles. The van der Waals surface area contributed by atoms with Gasteiger partial charge in [-0.15, -0.1) is 10.2 Å². The van der Waals surface area contributed by atoms with Gasteiger partial charge in [-0.1, -0.05) is 0 Å². The molecule has 8 nitrogen and oxygen atoms in total. The summed E-state index contributed by atoms with van der Waals surface area (Å²) < 4.78 is 1.77. The van der Waals surface area contributed by atoms with Gasteiger partial charge in [0.15, 0.2) is 17.1 Å². The summed E-state index contributed by atoms with van der Waals surface area (Å²) in [6, 6.07) is 1.79. The minimum absolute atomic E-state index is 0.543. The summed E-state index contributed by atoms with van der Waals surface area (Å²) in [4.78, 5) is 15.3. The number of pyridine rings is 1. The van der Waals surface area contributed by atoms with Crippen LogP contribution in [0.25, 0.3) is 28.2 Å². The van der Waals surface area contributed by atoms with Crippen molar-refractivity contribution in [3.05, 3.63) is 31.1 Å². The van der Waals surface area contributed by atoms with Crippen LogP contribution in [0.2, 0.25) is 0 Å². The predicted octanol–water partition coefficient (Wildman–Crippen LogP) is 0.645. The number of nitrogens with one attached hydrogen (secondary N) is 1. The zero-order chi connectivity index (χ0) is 12.8. The van der Waals surface area contributed by atoms with E-state index in [9.17, 15) is 0 Å². The van der Waals surface area contributed by atoms with E-state index in [1.165, 1.54) is 0 Å². The summed E-state index contributed by atoms with van der Waals surface area (Å²) in [6.45, 7) is 0. The van der Waals surface area contributed by atoms with E-state index in [1.807, 2.05) is 0 Å². The molecule has 0 spiro atoms. The lowest BCUT2D eigenvalue weighted by atomic mass is 10.2. The Morgan fingerprint density at radius 3 is 3.05 bits per heavy atom. The second-order valence-corrected chi connectivity index (χ2v) is 4.03. The van der Waals surface area contributed by atoms with Gasteiger partial charge in [-0.25, -0.2) is 9.97 Å². The summed E-state index contributed by atoms with van der Waals surface area (Å²) in [5.74, 6) is 0.624. The normalized spacial score (nSPS) is 11.4. The quantitative estimate of drug-likeness (QED) is 0.514. The maximum absolute atomic E-state index is 5.91. The van der Waals surface area contributed by atoms with Crippen LogP contribution >= 0.6 is 0 Å². The van der Waals surface area contributed by atoms with Gasteiger partial charge < -0.3 is 10.7 Å². The Hall–Kier alpha value is -3.03. The molecule has 0 atom stereocenters. The molecular weight excluding hydrogens is 244 g/mol. The molecular formula is C11H8N8. The lowest BCUT2D eigenvalue weighted by molar-refractivity contribution is 1.09. The maximum atomic E-state index is 5.91. The van der Waals surface area contributed by atoms with Crippen molar-refractivity contribution in [3.63, 3.8) is 0 Å². The summed E-state index contributed by atoms with van der Waals surface area (Å²) >= 11 is 0. The number of nitrogens with zero attached hydrogens (tertiary/aromatic N) is 6. The Kier molecular flexibility index (Phi) is 1.82. The topological polar surface area (TPSA) is 111 Å². The van der Waals surface area contributed by atoms with Gasteiger partial charge >= 0.3 is 0 Å². The van der Waals surface area contributed by atoms with Crippen molar-refractivity contribution in [2.45, 2.75) is 0 Å². The lowest BCUT2D eigenvalue weighted by Crippen LogP contribution is -1.96. The van der Waals surface area contributed by atoms with Gasteiger partial charge in [0, 0.05) is 11.8 Å². The molecule has 0 saturated carbocycles. The van der Waals surface area contributed by atoms with E-state index in [0.717, 1.165) is 11.1 Å². The molecule has 4 heterocycles. The number of nitrogens with two attached hydrogens (primary N) is 1. The third kappa shape index (κ3) is 1.30. The van der Waals surface area contributed by atoms with Crippen molar-refractivity contribution in [1.82, 2.24) is 34.5 Å². The minimum atomic E-state index is 0.543. The molecule has 0 aromatic carbocycles. The van der Waals surface area contributed by atoms with Crippen LogP contribution in [-0.2, 0) is 0 Å². The second kappa shape index (κ2) is 3.48. The number of H-pyrrole nitrogens is 1. The number of anilines is 1. The Morgan fingerprint density at radius 2 is 2.16 bits per heavy atom. The van der Waals surface area contributed by atoms with Crippen LogP contribution in [0.3, 0.4) is 0 Å². The van der Waals surface area contributed by atoms with Crippen LogP contribution in [-0.4, -0.2) is 34.5 Å². The van der Waals surface area contributed by atoms with Crippen molar-refractivity contribution >= 4 is 22.5 Å². The zero-order valence-corrected chi connectivity index (χ0v) is 9.65. The van der Waals surface area contributed by atoms with Gasteiger partial charge in [-0.05, 0) is 6.07 Å². The Bertz CT molecular complexity index is 890. The summed E-state index contributed by atoms with van der Waals surface area (Å²) in [6.07, 6.45) is 6.45. The fraction of sp³-hybridized carbons (Fsp3) is 0. The van der Waals surface area contributed by atoms with Crippen LogP contribution in [0.5, 0.6) is 0 Å². The molecule has 19 heavy (non-hydrogen) atoms. The lowest BCUT2D eigenvalue weighted by Gasteiger charge is -2.02. The largest absolute Gasteiger partial charge is 0.397 e. The van der Waals surface area contributed by atoms with Crippen molar-refractivity contribution in [3.8, 4) is 11.4 Å². The van der Waals surface area contributed by atoms with Gasteiger partial charge in [0.2, 0.25) is 0 Å². The van der Waals surface area contributed by atoms with Crippen LogP contribution in [0, 0.1) is 0 Å². The standard InChI is InChI=1S/C11H8N8/c12-7-3-13-2-1-6(7)10-17-18-11-8-9(15-4-14-8)16-5-19(10)11/h1-5H,12H2,(H,14,15). The first-order chi connectivity index (χ1) is 9.34. The summed E-state index contributed by atoms with van der Waals surface area (Å²) in [5, 5.41) is 8.34. The first-order valence-electron chi connectivity index (χ1n) is 5.57. The molecule has 3 N–H and O–H groups in total. The monoisotopic (exact) mass is 252 g/mol. The number of aromatic amines is 1. The molecule has 4 rings (SSSR count). The Morgan fingerprint density at radius 1 is 1.21 bits per heavy atom. The molecule has 92 valence electrons. The number of rotatable bonds is 1. The highest BCUT2D eigenvalue weighted by molar-refractivity contribution is 5.86. The number of hydrogen-bond donors (Lipinski definition) is 2. The van der Waals surface area contributed by atoms with Gasteiger partial charge in [0.05, 0.1) is 18.2 Å². The van der Waals surface area contributed by atoms with E-state index in [0.29, 0.717) is 22.8 Å². The fourth-order valence-corrected chi connectivity index (χ4v) is 2.03. The van der Waals surface area contributed by atoms with Gasteiger partial charge in [-0.3, -0.25) is 9.38 Å². The van der Waals surface area contributed by atoms with E-state index < -0.39 is 0 Å². The molecule has 0 bridgehead atoms. The number of nitrogen functional groups attached to an aromatic ring is 1. The van der Waals surface area contributed by atoms with E-state index >= 15 is 0 Å². The zero-order valence-electron chi connectivity index (χ0n) is 9.65. The van der Waals surface area contributed by atoms with Gasteiger partial charge in [-0.2, -0.15) is 0 Å². The number of fused-ring (bicyclic) bond motifs is 3. The minimum Gasteiger partial charge on any atom is -0.397 e. The number of aromatic nitrogens is 7. The number of imidazole rings is 1. The average Bonchev–Trinajstić information content (AvgIpc) is 3.04.